The fraction of sp³-hybridized carbons (Fsp3) is 0.250. The number of rotatable bonds is 7. The molecule has 0 bridgehead atoms. The van der Waals surface area contributed by atoms with Crippen LogP contribution in [0.15, 0.2) is 42.6 Å². The Morgan fingerprint density at radius 3 is 2.70 bits per heavy atom. The first-order valence-corrected chi connectivity index (χ1v) is 7.11. The monoisotopic (exact) mass is 321 g/mol. The van der Waals surface area contributed by atoms with Gasteiger partial charge in [0.15, 0.2) is 0 Å². The van der Waals surface area contributed by atoms with Gasteiger partial charge in [0.2, 0.25) is 0 Å². The number of para-hydroxylation sites is 1. The molecule has 0 aliphatic heterocycles. The van der Waals surface area contributed by atoms with Crippen LogP contribution in [0, 0.1) is 0 Å². The highest BCUT2D eigenvalue weighted by Gasteiger charge is 2.09. The van der Waals surface area contributed by atoms with Crippen molar-refractivity contribution in [2.75, 3.05) is 11.9 Å². The number of hydrogen-bond acceptors (Lipinski definition) is 4. The molecule has 2 aromatic rings. The van der Waals surface area contributed by atoms with E-state index in [0.717, 1.165) is 0 Å². The molecule has 0 unspecified atom stereocenters. The molecule has 0 radical (unpaired) electrons. The van der Waals surface area contributed by atoms with E-state index in [0.29, 0.717) is 23.5 Å². The minimum atomic E-state index is -2.87. The van der Waals surface area contributed by atoms with Crippen molar-refractivity contribution >= 4 is 11.7 Å². The van der Waals surface area contributed by atoms with Crippen LogP contribution in [-0.2, 0) is 6.54 Å². The van der Waals surface area contributed by atoms with E-state index in [1.165, 1.54) is 12.3 Å². The number of nitrogens with zero attached hydrogens (tertiary/aromatic N) is 1. The molecule has 122 valence electrons. The van der Waals surface area contributed by atoms with E-state index >= 15 is 0 Å². The number of pyridine rings is 1. The van der Waals surface area contributed by atoms with Gasteiger partial charge in [0.05, 0.1) is 5.56 Å². The Bertz CT molecular complexity index is 648. The van der Waals surface area contributed by atoms with Gasteiger partial charge in [-0.15, -0.1) is 0 Å². The van der Waals surface area contributed by atoms with Crippen molar-refractivity contribution < 1.29 is 18.3 Å². The summed E-state index contributed by atoms with van der Waals surface area (Å²) in [6.07, 6.45) is 1.45. The first-order chi connectivity index (χ1) is 11.1. The van der Waals surface area contributed by atoms with Gasteiger partial charge in [0.1, 0.15) is 11.6 Å². The van der Waals surface area contributed by atoms with Crippen molar-refractivity contribution in [2.45, 2.75) is 20.1 Å². The van der Waals surface area contributed by atoms with Gasteiger partial charge in [0.25, 0.3) is 5.91 Å². The molecule has 0 fully saturated rings. The van der Waals surface area contributed by atoms with Gasteiger partial charge >= 0.3 is 6.61 Å². The number of benzene rings is 1. The maximum Gasteiger partial charge on any atom is 0.387 e. The van der Waals surface area contributed by atoms with Crippen LogP contribution in [-0.4, -0.2) is 24.0 Å². The van der Waals surface area contributed by atoms with Crippen LogP contribution < -0.4 is 15.4 Å². The summed E-state index contributed by atoms with van der Waals surface area (Å²) in [4.78, 5) is 15.8. The van der Waals surface area contributed by atoms with Crippen LogP contribution in [0.4, 0.5) is 14.6 Å². The standard InChI is InChI=1S/C16H17F2N3O2/c1-2-19-15(22)12-7-8-14(21-10-12)20-9-11-5-3-4-6-13(11)23-16(17)18/h3-8,10,16H,2,9H2,1H3,(H,19,22)(H,20,21). The lowest BCUT2D eigenvalue weighted by Crippen LogP contribution is -2.22. The van der Waals surface area contributed by atoms with Crippen molar-refractivity contribution in [1.29, 1.82) is 0 Å². The number of nitrogens with one attached hydrogen (secondary N) is 2. The van der Waals surface area contributed by atoms with Gasteiger partial charge in [-0.05, 0) is 25.1 Å². The lowest BCUT2D eigenvalue weighted by atomic mass is 10.2. The molecule has 1 aromatic heterocycles. The third kappa shape index (κ3) is 4.91. The first-order valence-electron chi connectivity index (χ1n) is 7.11. The van der Waals surface area contributed by atoms with Crippen LogP contribution >= 0.6 is 0 Å². The molecule has 0 aliphatic rings. The lowest BCUT2D eigenvalue weighted by Gasteiger charge is -2.11. The molecule has 2 rings (SSSR count). The average Bonchev–Trinajstić information content (AvgIpc) is 2.54. The third-order valence-corrected chi connectivity index (χ3v) is 3.01. The highest BCUT2D eigenvalue weighted by atomic mass is 19.3. The second kappa shape index (κ2) is 8.07. The first kappa shape index (κ1) is 16.7. The number of aromatic nitrogens is 1. The minimum absolute atomic E-state index is 0.119. The van der Waals surface area contributed by atoms with Crippen molar-refractivity contribution in [3.63, 3.8) is 0 Å². The van der Waals surface area contributed by atoms with Gasteiger partial charge in [-0.1, -0.05) is 18.2 Å². The number of carbonyl (C=O) groups excluding carboxylic acids is 1. The Morgan fingerprint density at radius 1 is 1.26 bits per heavy atom. The summed E-state index contributed by atoms with van der Waals surface area (Å²) in [5.41, 5.74) is 1.04. The van der Waals surface area contributed by atoms with E-state index in [2.05, 4.69) is 20.4 Å². The maximum absolute atomic E-state index is 12.4. The van der Waals surface area contributed by atoms with E-state index in [1.54, 1.807) is 30.3 Å². The van der Waals surface area contributed by atoms with E-state index in [9.17, 15) is 13.6 Å². The summed E-state index contributed by atoms with van der Waals surface area (Å²) in [5, 5.41) is 5.68. The van der Waals surface area contributed by atoms with E-state index in [4.69, 9.17) is 0 Å². The van der Waals surface area contributed by atoms with Crippen LogP contribution in [0.25, 0.3) is 0 Å². The number of ether oxygens (including phenoxy) is 1. The molecular formula is C16H17F2N3O2. The fourth-order valence-corrected chi connectivity index (χ4v) is 1.94. The SMILES string of the molecule is CCNC(=O)c1ccc(NCc2ccccc2OC(F)F)nc1. The molecule has 0 atom stereocenters. The number of carbonyl (C=O) groups is 1. The molecule has 0 saturated carbocycles. The number of amides is 1. The molecule has 1 heterocycles. The number of anilines is 1. The molecule has 0 aliphatic carbocycles. The summed E-state index contributed by atoms with van der Waals surface area (Å²) < 4.78 is 29.2. The smallest absolute Gasteiger partial charge is 0.387 e. The lowest BCUT2D eigenvalue weighted by molar-refractivity contribution is -0.0504. The molecule has 0 saturated heterocycles. The molecular weight excluding hydrogens is 304 g/mol. The minimum Gasteiger partial charge on any atom is -0.434 e. The molecule has 23 heavy (non-hydrogen) atoms. The van der Waals surface area contributed by atoms with Crippen LogP contribution in [0.5, 0.6) is 5.75 Å². The predicted octanol–water partition coefficient (Wildman–Crippen LogP) is 3.04. The summed E-state index contributed by atoms with van der Waals surface area (Å²) in [7, 11) is 0. The third-order valence-electron chi connectivity index (χ3n) is 3.01. The van der Waals surface area contributed by atoms with E-state index in [-0.39, 0.29) is 18.2 Å². The van der Waals surface area contributed by atoms with Crippen molar-refractivity contribution in [3.8, 4) is 5.75 Å². The van der Waals surface area contributed by atoms with Crippen LogP contribution in [0.3, 0.4) is 0 Å². The van der Waals surface area contributed by atoms with Gasteiger partial charge in [-0.3, -0.25) is 4.79 Å². The predicted molar refractivity (Wildman–Crippen MR) is 82.6 cm³/mol. The normalized spacial score (nSPS) is 10.4. The van der Waals surface area contributed by atoms with Crippen LogP contribution in [0.1, 0.15) is 22.8 Å². The van der Waals surface area contributed by atoms with E-state index < -0.39 is 6.61 Å². The quantitative estimate of drug-likeness (QED) is 0.823. The Hall–Kier alpha value is -2.70. The average molecular weight is 321 g/mol. The highest BCUT2D eigenvalue weighted by molar-refractivity contribution is 5.93. The molecule has 2 N–H and O–H groups in total. The van der Waals surface area contributed by atoms with Gasteiger partial charge in [-0.25, -0.2) is 4.98 Å². The topological polar surface area (TPSA) is 63.2 Å². The molecule has 1 amide bonds. The Morgan fingerprint density at radius 2 is 2.04 bits per heavy atom. The number of hydrogen-bond donors (Lipinski definition) is 2. The van der Waals surface area contributed by atoms with Crippen molar-refractivity contribution in [2.24, 2.45) is 0 Å². The zero-order chi connectivity index (χ0) is 16.7. The molecule has 5 nitrogen and oxygen atoms in total. The maximum atomic E-state index is 12.4. The summed E-state index contributed by atoms with van der Waals surface area (Å²) in [5.74, 6) is 0.459. The molecule has 1 aromatic carbocycles. The largest absolute Gasteiger partial charge is 0.434 e. The second-order valence-electron chi connectivity index (χ2n) is 4.63. The Labute approximate surface area is 132 Å². The van der Waals surface area contributed by atoms with E-state index in [1.807, 2.05) is 6.92 Å². The molecule has 7 heteroatoms. The second-order valence-corrected chi connectivity index (χ2v) is 4.63. The zero-order valence-electron chi connectivity index (χ0n) is 12.6. The van der Waals surface area contributed by atoms with Crippen molar-refractivity contribution in [1.82, 2.24) is 10.3 Å². The van der Waals surface area contributed by atoms with Crippen molar-refractivity contribution in [3.05, 3.63) is 53.7 Å². The van der Waals surface area contributed by atoms with Gasteiger partial charge < -0.3 is 15.4 Å². The summed E-state index contributed by atoms with van der Waals surface area (Å²) >= 11 is 0. The fourth-order valence-electron chi connectivity index (χ4n) is 1.94. The highest BCUT2D eigenvalue weighted by Crippen LogP contribution is 2.21. The van der Waals surface area contributed by atoms with Crippen LogP contribution in [0.2, 0.25) is 0 Å². The Balaban J connectivity index is 2.00. The number of halogens is 2. The summed E-state index contributed by atoms with van der Waals surface area (Å²) in [6, 6.07) is 9.83. The van der Waals surface area contributed by atoms with Gasteiger partial charge in [0, 0.05) is 24.8 Å². The zero-order valence-corrected chi connectivity index (χ0v) is 12.6. The van der Waals surface area contributed by atoms with Gasteiger partial charge in [-0.2, -0.15) is 8.78 Å². The molecule has 0 spiro atoms. The number of alkyl halides is 2. The Kier molecular flexibility index (Phi) is 5.85. The summed E-state index contributed by atoms with van der Waals surface area (Å²) in [6.45, 7) is -0.221.